The fourth-order valence-corrected chi connectivity index (χ4v) is 1.77. The molecule has 0 aliphatic rings. The number of aryl methyl sites for hydroxylation is 1. The van der Waals surface area contributed by atoms with E-state index in [1.54, 1.807) is 6.20 Å². The van der Waals surface area contributed by atoms with Crippen molar-refractivity contribution in [1.82, 2.24) is 0 Å². The molecule has 0 unspecified atom stereocenters. The van der Waals surface area contributed by atoms with Crippen LogP contribution in [0.5, 0.6) is 0 Å². The second-order valence-corrected chi connectivity index (χ2v) is 5.53. The summed E-state index contributed by atoms with van der Waals surface area (Å²) in [6, 6.07) is 6.25. The lowest BCUT2D eigenvalue weighted by molar-refractivity contribution is 1.41. The van der Waals surface area contributed by atoms with Gasteiger partial charge in [0.2, 0.25) is 0 Å². The van der Waals surface area contributed by atoms with E-state index >= 15 is 0 Å². The average Bonchev–Trinajstić information content (AvgIpc) is 2.52. The van der Waals surface area contributed by atoms with Gasteiger partial charge >= 0.3 is 0 Å². The van der Waals surface area contributed by atoms with Crippen molar-refractivity contribution >= 4 is 11.3 Å². The van der Waals surface area contributed by atoms with Crippen LogP contribution in [0.2, 0.25) is 0 Å². The molecule has 0 atom stereocenters. The molecule has 0 aliphatic carbocycles. The Morgan fingerprint density at radius 3 is 2.57 bits per heavy atom. The van der Waals surface area contributed by atoms with Gasteiger partial charge in [0.1, 0.15) is 0 Å². The van der Waals surface area contributed by atoms with E-state index in [2.05, 4.69) is 48.5 Å². The Balaban J connectivity index is 2.94. The normalized spacial score (nSPS) is 12.6. The molecule has 23 heavy (non-hydrogen) atoms. The summed E-state index contributed by atoms with van der Waals surface area (Å²) in [5.74, 6) is 6.39. The Morgan fingerprint density at radius 2 is 1.91 bits per heavy atom. The third-order valence-electron chi connectivity index (χ3n) is 3.23. The molecule has 0 aromatic heterocycles. The van der Waals surface area contributed by atoms with Crippen LogP contribution in [-0.2, 0) is 0 Å². The smallest absolute Gasteiger partial charge is 0.0383 e. The summed E-state index contributed by atoms with van der Waals surface area (Å²) < 4.78 is 0. The molecule has 1 rings (SSSR count). The first-order valence-corrected chi connectivity index (χ1v) is 7.73. The minimum absolute atomic E-state index is 0.934. The molecule has 0 N–H and O–H groups in total. The second kappa shape index (κ2) is 9.43. The first-order chi connectivity index (χ1) is 10.9. The molecular formula is C22H25N. The molecule has 1 aromatic rings. The van der Waals surface area contributed by atoms with Gasteiger partial charge in [0, 0.05) is 23.0 Å². The molecular weight excluding hydrogens is 278 g/mol. The number of aliphatic imine (C=N–C) groups is 1. The molecule has 118 valence electrons. The number of allylic oxidation sites excluding steroid dienone is 6. The lowest BCUT2D eigenvalue weighted by atomic mass is 10.0. The Hall–Kier alpha value is -2.59. The molecule has 0 heterocycles. The van der Waals surface area contributed by atoms with E-state index in [1.807, 2.05) is 52.0 Å². The van der Waals surface area contributed by atoms with Gasteiger partial charge in [-0.2, -0.15) is 0 Å². The van der Waals surface area contributed by atoms with Crippen molar-refractivity contribution in [3.8, 4) is 11.8 Å². The zero-order chi connectivity index (χ0) is 17.2. The van der Waals surface area contributed by atoms with E-state index < -0.39 is 0 Å². The summed E-state index contributed by atoms with van der Waals surface area (Å²) in [4.78, 5) is 4.39. The monoisotopic (exact) mass is 303 g/mol. The Labute approximate surface area is 140 Å². The zero-order valence-corrected chi connectivity index (χ0v) is 14.8. The highest BCUT2D eigenvalue weighted by Crippen LogP contribution is 2.16. The molecule has 1 aromatic carbocycles. The first kappa shape index (κ1) is 18.5. The molecule has 0 aliphatic heterocycles. The van der Waals surface area contributed by atoms with Crippen LogP contribution >= 0.6 is 0 Å². The first-order valence-electron chi connectivity index (χ1n) is 7.73. The van der Waals surface area contributed by atoms with Gasteiger partial charge in [0.25, 0.3) is 0 Å². The largest absolute Gasteiger partial charge is 0.261 e. The predicted molar refractivity (Wildman–Crippen MR) is 104 cm³/mol. The van der Waals surface area contributed by atoms with Crippen molar-refractivity contribution in [2.75, 3.05) is 0 Å². The van der Waals surface area contributed by atoms with Crippen LogP contribution in [0.4, 0.5) is 0 Å². The van der Waals surface area contributed by atoms with Crippen LogP contribution in [0.15, 0.2) is 65.8 Å². The summed E-state index contributed by atoms with van der Waals surface area (Å²) in [6.07, 6.45) is 9.71. The Morgan fingerprint density at radius 1 is 1.17 bits per heavy atom. The summed E-state index contributed by atoms with van der Waals surface area (Å²) in [7, 11) is 0. The van der Waals surface area contributed by atoms with Crippen LogP contribution in [-0.4, -0.2) is 5.71 Å². The van der Waals surface area contributed by atoms with E-state index in [0.29, 0.717) is 0 Å². The SMILES string of the molecule is C=C(C)c1ccc(C)c(C#C/C(C)=C/N=C(C)/C=C\C=C/C)c1. The highest BCUT2D eigenvalue weighted by Gasteiger charge is 1.98. The van der Waals surface area contributed by atoms with Gasteiger partial charge < -0.3 is 0 Å². The van der Waals surface area contributed by atoms with Gasteiger partial charge in [-0.25, -0.2) is 0 Å². The minimum atomic E-state index is 0.934. The molecule has 0 radical (unpaired) electrons. The van der Waals surface area contributed by atoms with Gasteiger partial charge in [-0.05, 0) is 57.9 Å². The average molecular weight is 303 g/mol. The molecule has 0 amide bonds. The van der Waals surface area contributed by atoms with Gasteiger partial charge in [-0.1, -0.05) is 54.4 Å². The van der Waals surface area contributed by atoms with E-state index in [4.69, 9.17) is 0 Å². The summed E-state index contributed by atoms with van der Waals surface area (Å²) in [5.41, 5.74) is 6.27. The maximum Gasteiger partial charge on any atom is 0.0383 e. The summed E-state index contributed by atoms with van der Waals surface area (Å²) in [6.45, 7) is 14.0. The molecule has 0 saturated heterocycles. The fourth-order valence-electron chi connectivity index (χ4n) is 1.77. The standard InChI is InChI=1S/C22H25N/c1-7-8-9-10-20(6)23-16-18(4)11-13-22-15-21(17(2)3)14-12-19(22)5/h7-10,12,14-16H,2H2,1,3-6H3/b8-7-,10-9-,18-16+,23-20+. The molecule has 0 fully saturated rings. The third-order valence-corrected chi connectivity index (χ3v) is 3.23. The molecule has 0 bridgehead atoms. The predicted octanol–water partition coefficient (Wildman–Crippen LogP) is 5.88. The highest BCUT2D eigenvalue weighted by atomic mass is 14.7. The van der Waals surface area contributed by atoms with Crippen molar-refractivity contribution in [1.29, 1.82) is 0 Å². The number of benzene rings is 1. The zero-order valence-electron chi connectivity index (χ0n) is 14.8. The lowest BCUT2D eigenvalue weighted by Crippen LogP contribution is -1.86. The maximum atomic E-state index is 4.39. The van der Waals surface area contributed by atoms with Crippen molar-refractivity contribution in [3.63, 3.8) is 0 Å². The molecule has 0 spiro atoms. The van der Waals surface area contributed by atoms with Crippen LogP contribution in [0.25, 0.3) is 5.57 Å². The number of hydrogen-bond donors (Lipinski definition) is 0. The van der Waals surface area contributed by atoms with Gasteiger partial charge in [-0.3, -0.25) is 4.99 Å². The van der Waals surface area contributed by atoms with Crippen molar-refractivity contribution in [2.24, 2.45) is 4.99 Å². The van der Waals surface area contributed by atoms with Crippen LogP contribution in [0.1, 0.15) is 44.4 Å². The maximum absolute atomic E-state index is 4.39. The summed E-state index contributed by atoms with van der Waals surface area (Å²) >= 11 is 0. The number of hydrogen-bond acceptors (Lipinski definition) is 1. The van der Waals surface area contributed by atoms with Crippen LogP contribution in [0.3, 0.4) is 0 Å². The van der Waals surface area contributed by atoms with E-state index in [9.17, 15) is 0 Å². The fraction of sp³-hybridized carbons (Fsp3) is 0.227. The molecule has 0 saturated carbocycles. The van der Waals surface area contributed by atoms with Crippen LogP contribution in [0, 0.1) is 18.8 Å². The number of rotatable bonds is 4. The quantitative estimate of drug-likeness (QED) is 0.374. The topological polar surface area (TPSA) is 12.4 Å². The van der Waals surface area contributed by atoms with Gasteiger partial charge in [0.05, 0.1) is 0 Å². The minimum Gasteiger partial charge on any atom is -0.261 e. The van der Waals surface area contributed by atoms with E-state index in [-0.39, 0.29) is 0 Å². The third kappa shape index (κ3) is 6.80. The van der Waals surface area contributed by atoms with Gasteiger partial charge in [0.15, 0.2) is 0 Å². The van der Waals surface area contributed by atoms with E-state index in [0.717, 1.165) is 28.0 Å². The Kier molecular flexibility index (Phi) is 7.57. The van der Waals surface area contributed by atoms with E-state index in [1.165, 1.54) is 5.56 Å². The molecule has 1 heteroatoms. The lowest BCUT2D eigenvalue weighted by Gasteiger charge is -2.03. The summed E-state index contributed by atoms with van der Waals surface area (Å²) in [5, 5.41) is 0. The highest BCUT2D eigenvalue weighted by molar-refractivity contribution is 5.93. The Bertz CT molecular complexity index is 744. The number of nitrogens with zero attached hydrogens (tertiary/aromatic N) is 1. The van der Waals surface area contributed by atoms with Crippen molar-refractivity contribution in [3.05, 3.63) is 77.5 Å². The van der Waals surface area contributed by atoms with Crippen molar-refractivity contribution < 1.29 is 0 Å². The van der Waals surface area contributed by atoms with Gasteiger partial charge in [-0.15, -0.1) is 0 Å². The second-order valence-electron chi connectivity index (χ2n) is 5.53. The van der Waals surface area contributed by atoms with Crippen molar-refractivity contribution in [2.45, 2.75) is 34.6 Å². The molecule has 1 nitrogen and oxygen atoms in total. The van der Waals surface area contributed by atoms with Crippen LogP contribution < -0.4 is 0 Å².